The zero-order chi connectivity index (χ0) is 11.1. The predicted molar refractivity (Wildman–Crippen MR) is 60.0 cm³/mol. The maximum atomic E-state index is 13.4. The van der Waals surface area contributed by atoms with Crippen LogP contribution in [0, 0.1) is 5.82 Å². The maximum absolute atomic E-state index is 13.4. The summed E-state index contributed by atoms with van der Waals surface area (Å²) in [6, 6.07) is 5.19. The summed E-state index contributed by atoms with van der Waals surface area (Å²) in [4.78, 5) is 2.99. The first-order chi connectivity index (χ1) is 6.97. The molecule has 0 aliphatic rings. The Hall–Kier alpha value is -1.35. The summed E-state index contributed by atoms with van der Waals surface area (Å²) in [7, 11) is 6.37. The van der Waals surface area contributed by atoms with E-state index in [0.717, 1.165) is 22.0 Å². The number of hydrogen-bond donors (Lipinski definition) is 1. The fourth-order valence-corrected chi connectivity index (χ4v) is 1.82. The molecule has 0 saturated carbocycles. The van der Waals surface area contributed by atoms with Crippen LogP contribution in [0.3, 0.4) is 0 Å². The van der Waals surface area contributed by atoms with E-state index in [4.69, 9.17) is 0 Å². The minimum absolute atomic E-state index is 0.180. The van der Waals surface area contributed by atoms with E-state index in [9.17, 15) is 4.39 Å². The third-order valence-corrected chi connectivity index (χ3v) is 2.39. The van der Waals surface area contributed by atoms with Crippen LogP contribution >= 0.6 is 0 Å². The smallest absolute Gasteiger partial charge is 0.147 e. The molecule has 2 nitrogen and oxygen atoms in total. The summed E-state index contributed by atoms with van der Waals surface area (Å²) >= 11 is 0. The van der Waals surface area contributed by atoms with Crippen molar-refractivity contribution in [3.63, 3.8) is 0 Å². The van der Waals surface area contributed by atoms with E-state index < -0.39 is 0 Å². The lowest BCUT2D eigenvalue weighted by Crippen LogP contribution is -2.33. The molecule has 0 unspecified atom stereocenters. The second kappa shape index (κ2) is 3.35. The van der Waals surface area contributed by atoms with Gasteiger partial charge in [0.2, 0.25) is 0 Å². The van der Waals surface area contributed by atoms with Gasteiger partial charge in [0.05, 0.1) is 26.7 Å². The van der Waals surface area contributed by atoms with Crippen molar-refractivity contribution >= 4 is 10.9 Å². The third-order valence-electron chi connectivity index (χ3n) is 2.39. The number of nitrogens with zero attached hydrogens (tertiary/aromatic N) is 1. The summed E-state index contributed by atoms with van der Waals surface area (Å²) in [6.45, 7) is 0.892. The van der Waals surface area contributed by atoms with Crippen molar-refractivity contribution in [3.05, 3.63) is 35.8 Å². The van der Waals surface area contributed by atoms with Crippen molar-refractivity contribution in [1.29, 1.82) is 0 Å². The van der Waals surface area contributed by atoms with Crippen LogP contribution in [0.1, 0.15) is 5.56 Å². The van der Waals surface area contributed by atoms with Crippen LogP contribution in [0.5, 0.6) is 0 Å². The number of fused-ring (bicyclic) bond motifs is 1. The van der Waals surface area contributed by atoms with Crippen LogP contribution in [0.2, 0.25) is 0 Å². The normalized spacial score (nSPS) is 12.3. The summed E-state index contributed by atoms with van der Waals surface area (Å²) < 4.78 is 14.2. The zero-order valence-electron chi connectivity index (χ0n) is 9.34. The van der Waals surface area contributed by atoms with Gasteiger partial charge in [0, 0.05) is 17.1 Å². The molecule has 80 valence electrons. The number of aromatic amines is 1. The molecular weight excluding hydrogens is 191 g/mol. The third kappa shape index (κ3) is 2.02. The standard InChI is InChI=1S/C12H16FN2/c1-15(2,3)8-9-7-14-12-10(9)5-4-6-11(12)13/h4-7,14H,8H2,1-3H3/q+1. The Balaban J connectivity index is 2.50. The first-order valence-corrected chi connectivity index (χ1v) is 5.02. The number of quaternary nitrogens is 1. The van der Waals surface area contributed by atoms with Gasteiger partial charge < -0.3 is 9.47 Å². The fourth-order valence-electron chi connectivity index (χ4n) is 1.82. The molecule has 2 rings (SSSR count). The summed E-state index contributed by atoms with van der Waals surface area (Å²) in [5.74, 6) is -0.180. The zero-order valence-corrected chi connectivity index (χ0v) is 9.34. The minimum atomic E-state index is -0.180. The molecule has 1 aromatic heterocycles. The monoisotopic (exact) mass is 207 g/mol. The van der Waals surface area contributed by atoms with E-state index in [2.05, 4.69) is 26.1 Å². The van der Waals surface area contributed by atoms with Gasteiger partial charge in [0.15, 0.2) is 0 Å². The number of benzene rings is 1. The van der Waals surface area contributed by atoms with Crippen LogP contribution in [0.15, 0.2) is 24.4 Å². The average molecular weight is 207 g/mol. The Bertz CT molecular complexity index is 480. The quantitative estimate of drug-likeness (QED) is 0.728. The van der Waals surface area contributed by atoms with Crippen molar-refractivity contribution in [2.24, 2.45) is 0 Å². The molecule has 2 aromatic rings. The van der Waals surface area contributed by atoms with Gasteiger partial charge >= 0.3 is 0 Å². The van der Waals surface area contributed by atoms with Gasteiger partial charge in [0.25, 0.3) is 0 Å². The van der Waals surface area contributed by atoms with Gasteiger partial charge in [-0.25, -0.2) is 4.39 Å². The lowest BCUT2D eigenvalue weighted by molar-refractivity contribution is -0.883. The number of para-hydroxylation sites is 1. The second-order valence-electron chi connectivity index (χ2n) is 4.92. The Morgan fingerprint density at radius 2 is 2.00 bits per heavy atom. The molecule has 1 heterocycles. The molecule has 0 aliphatic heterocycles. The molecule has 15 heavy (non-hydrogen) atoms. The lowest BCUT2D eigenvalue weighted by Gasteiger charge is -2.23. The molecule has 0 amide bonds. The predicted octanol–water partition coefficient (Wildman–Crippen LogP) is 2.51. The van der Waals surface area contributed by atoms with Crippen molar-refractivity contribution in [2.75, 3.05) is 21.1 Å². The highest BCUT2D eigenvalue weighted by atomic mass is 19.1. The number of aromatic nitrogens is 1. The molecule has 0 saturated heterocycles. The SMILES string of the molecule is C[N+](C)(C)Cc1c[nH]c2c(F)cccc12. The van der Waals surface area contributed by atoms with Crippen molar-refractivity contribution in [1.82, 2.24) is 4.98 Å². The summed E-state index contributed by atoms with van der Waals surface area (Å²) in [6.07, 6.45) is 1.90. The highest BCUT2D eigenvalue weighted by Crippen LogP contribution is 2.22. The Labute approximate surface area is 88.9 Å². The Kier molecular flexibility index (Phi) is 2.27. The van der Waals surface area contributed by atoms with Gasteiger partial charge in [-0.3, -0.25) is 0 Å². The Morgan fingerprint density at radius 1 is 1.27 bits per heavy atom. The Morgan fingerprint density at radius 3 is 2.67 bits per heavy atom. The lowest BCUT2D eigenvalue weighted by atomic mass is 10.1. The molecule has 0 fully saturated rings. The van der Waals surface area contributed by atoms with E-state index in [-0.39, 0.29) is 5.82 Å². The van der Waals surface area contributed by atoms with Crippen LogP contribution in [-0.4, -0.2) is 30.6 Å². The number of H-pyrrole nitrogens is 1. The second-order valence-corrected chi connectivity index (χ2v) is 4.92. The summed E-state index contributed by atoms with van der Waals surface area (Å²) in [5, 5.41) is 0.989. The molecule has 1 N–H and O–H groups in total. The summed E-state index contributed by atoms with van der Waals surface area (Å²) in [5.41, 5.74) is 1.78. The number of nitrogens with one attached hydrogen (secondary N) is 1. The molecule has 0 aliphatic carbocycles. The molecular formula is C12H16FN2+. The van der Waals surface area contributed by atoms with Crippen LogP contribution < -0.4 is 0 Å². The van der Waals surface area contributed by atoms with E-state index in [0.29, 0.717) is 5.52 Å². The van der Waals surface area contributed by atoms with E-state index >= 15 is 0 Å². The van der Waals surface area contributed by atoms with Gasteiger partial charge in [-0.2, -0.15) is 0 Å². The molecule has 1 aromatic carbocycles. The van der Waals surface area contributed by atoms with Gasteiger partial charge in [0.1, 0.15) is 12.4 Å². The number of halogens is 1. The fraction of sp³-hybridized carbons (Fsp3) is 0.333. The molecule has 0 spiro atoms. The molecule has 0 radical (unpaired) electrons. The minimum Gasteiger partial charge on any atom is -0.358 e. The van der Waals surface area contributed by atoms with Crippen LogP contribution in [0.25, 0.3) is 10.9 Å². The first kappa shape index (κ1) is 10.2. The van der Waals surface area contributed by atoms with Crippen molar-refractivity contribution < 1.29 is 8.87 Å². The van der Waals surface area contributed by atoms with Crippen LogP contribution in [-0.2, 0) is 6.54 Å². The topological polar surface area (TPSA) is 15.8 Å². The van der Waals surface area contributed by atoms with E-state index in [1.54, 1.807) is 6.07 Å². The maximum Gasteiger partial charge on any atom is 0.147 e. The molecule has 0 bridgehead atoms. The number of rotatable bonds is 2. The van der Waals surface area contributed by atoms with Gasteiger partial charge in [-0.1, -0.05) is 12.1 Å². The molecule has 3 heteroatoms. The first-order valence-electron chi connectivity index (χ1n) is 5.02. The highest BCUT2D eigenvalue weighted by molar-refractivity contribution is 5.83. The average Bonchev–Trinajstić information content (AvgIpc) is 2.48. The van der Waals surface area contributed by atoms with Crippen molar-refractivity contribution in [2.45, 2.75) is 6.54 Å². The molecule has 0 atom stereocenters. The van der Waals surface area contributed by atoms with Crippen molar-refractivity contribution in [3.8, 4) is 0 Å². The van der Waals surface area contributed by atoms with Crippen LogP contribution in [0.4, 0.5) is 4.39 Å². The van der Waals surface area contributed by atoms with Gasteiger partial charge in [-0.15, -0.1) is 0 Å². The number of hydrogen-bond acceptors (Lipinski definition) is 0. The van der Waals surface area contributed by atoms with E-state index in [1.807, 2.05) is 12.3 Å². The van der Waals surface area contributed by atoms with Gasteiger partial charge in [-0.05, 0) is 6.07 Å². The highest BCUT2D eigenvalue weighted by Gasteiger charge is 2.13. The largest absolute Gasteiger partial charge is 0.358 e. The van der Waals surface area contributed by atoms with E-state index in [1.165, 1.54) is 6.07 Å².